The minimum atomic E-state index is -0.128. The minimum absolute atomic E-state index is 0.128. The Bertz CT molecular complexity index is 285. The van der Waals surface area contributed by atoms with Crippen molar-refractivity contribution in [2.24, 2.45) is 0 Å². The standard InChI is InChI=1S/C12H17O.BrH.Zn/c1-9-7-6-8-10(2)11(9)13-12(3,4)5;;/h7-8H,1-5H3;1H;/q-1;;+2/p-1. The van der Waals surface area contributed by atoms with E-state index in [9.17, 15) is 0 Å². The van der Waals surface area contributed by atoms with E-state index >= 15 is 0 Å². The van der Waals surface area contributed by atoms with Gasteiger partial charge in [0, 0.05) is 5.75 Å². The summed E-state index contributed by atoms with van der Waals surface area (Å²) in [4.78, 5) is 0. The number of halogens is 1. The fraction of sp³-hybridized carbons (Fsp3) is 0.500. The van der Waals surface area contributed by atoms with Crippen LogP contribution in [0.4, 0.5) is 0 Å². The number of rotatable bonds is 1. The Morgan fingerprint density at radius 1 is 1.13 bits per heavy atom. The third-order valence-corrected chi connectivity index (χ3v) is 1.72. The maximum absolute atomic E-state index is 5.84. The van der Waals surface area contributed by atoms with E-state index < -0.39 is 0 Å². The SMILES string of the molecule is Cc1c[c-]cc(C)c1OC(C)(C)C.[Zn+][Br]. The van der Waals surface area contributed by atoms with Gasteiger partial charge < -0.3 is 4.74 Å². The van der Waals surface area contributed by atoms with Crippen LogP contribution in [-0.4, -0.2) is 5.60 Å². The molecule has 0 unspecified atom stereocenters. The van der Waals surface area contributed by atoms with Gasteiger partial charge in [0.05, 0.1) is 5.60 Å². The third-order valence-electron chi connectivity index (χ3n) is 1.72. The zero-order chi connectivity index (χ0) is 12.1. The number of aryl methyl sites for hydroxylation is 2. The first kappa shape index (κ1) is 15.1. The summed E-state index contributed by atoms with van der Waals surface area (Å²) < 4.78 is 5.84. The van der Waals surface area contributed by atoms with Crippen LogP contribution in [0.3, 0.4) is 0 Å². The molecule has 0 saturated carbocycles. The molecule has 1 aromatic carbocycles. The first-order valence-corrected chi connectivity index (χ1v) is 11.8. The molecule has 1 nitrogen and oxygen atoms in total. The third kappa shape index (κ3) is 5.68. The summed E-state index contributed by atoms with van der Waals surface area (Å²) in [5.41, 5.74) is 2.17. The van der Waals surface area contributed by atoms with Crippen LogP contribution in [0.1, 0.15) is 31.9 Å². The molecule has 1 rings (SSSR count). The van der Waals surface area contributed by atoms with Crippen LogP contribution in [0.15, 0.2) is 12.1 Å². The van der Waals surface area contributed by atoms with Crippen LogP contribution in [-0.2, 0) is 16.3 Å². The molecule has 0 atom stereocenters. The molecule has 0 aliphatic heterocycles. The summed E-state index contributed by atoms with van der Waals surface area (Å²) in [6.45, 7) is 10.3. The van der Waals surface area contributed by atoms with Gasteiger partial charge >= 0.3 is 30.0 Å². The van der Waals surface area contributed by atoms with Crippen LogP contribution < -0.4 is 4.74 Å². The second-order valence-electron chi connectivity index (χ2n) is 4.36. The fourth-order valence-electron chi connectivity index (χ4n) is 1.20. The molecule has 0 bridgehead atoms. The van der Waals surface area contributed by atoms with E-state index in [2.05, 4.69) is 40.5 Å². The summed E-state index contributed by atoms with van der Waals surface area (Å²) in [5.74, 6) is 0.992. The number of hydrogen-bond acceptors (Lipinski definition) is 1. The van der Waals surface area contributed by atoms with Crippen molar-refractivity contribution in [3.05, 3.63) is 29.3 Å². The number of ether oxygens (including phenoxy) is 1. The zero-order valence-electron chi connectivity index (χ0n) is 10.1. The normalized spacial score (nSPS) is 10.4. The summed E-state index contributed by atoms with van der Waals surface area (Å²) in [5, 5.41) is 0. The monoisotopic (exact) mass is 320 g/mol. The first-order valence-electron chi connectivity index (χ1n) is 4.83. The Kier molecular flexibility index (Phi) is 6.71. The Morgan fingerprint density at radius 3 is 1.87 bits per heavy atom. The molecule has 0 heterocycles. The van der Waals surface area contributed by atoms with Crippen LogP contribution in [0.2, 0.25) is 0 Å². The number of benzene rings is 1. The van der Waals surface area contributed by atoms with E-state index in [4.69, 9.17) is 4.74 Å². The molecule has 3 heteroatoms. The molecule has 0 amide bonds. The molecule has 0 N–H and O–H groups in total. The summed E-state index contributed by atoms with van der Waals surface area (Å²) in [6.07, 6.45) is 0. The van der Waals surface area contributed by atoms with Crippen molar-refractivity contribution in [1.29, 1.82) is 0 Å². The molecule has 0 radical (unpaired) electrons. The van der Waals surface area contributed by atoms with E-state index in [1.165, 1.54) is 16.3 Å². The van der Waals surface area contributed by atoms with E-state index in [0.29, 0.717) is 0 Å². The van der Waals surface area contributed by atoms with Crippen molar-refractivity contribution >= 4 is 13.6 Å². The molecule has 0 aromatic heterocycles. The second-order valence-corrected chi connectivity index (χ2v) is 4.36. The summed E-state index contributed by atoms with van der Waals surface area (Å²) >= 11 is 4.25. The Hall–Kier alpha value is 0.123. The van der Waals surface area contributed by atoms with Crippen LogP contribution >= 0.6 is 13.6 Å². The second kappa shape index (κ2) is 6.65. The van der Waals surface area contributed by atoms with Crippen LogP contribution in [0.25, 0.3) is 0 Å². The van der Waals surface area contributed by atoms with Gasteiger partial charge in [-0.15, -0.1) is 11.1 Å². The molecule has 0 spiro atoms. The van der Waals surface area contributed by atoms with Gasteiger partial charge in [-0.2, -0.15) is 18.2 Å². The molecule has 0 fully saturated rings. The van der Waals surface area contributed by atoms with E-state index in [-0.39, 0.29) is 5.60 Å². The topological polar surface area (TPSA) is 9.23 Å². The Morgan fingerprint density at radius 2 is 1.53 bits per heavy atom. The average Bonchev–Trinajstić information content (AvgIpc) is 2.14. The molecular weight excluding hydrogens is 305 g/mol. The predicted molar refractivity (Wildman–Crippen MR) is 64.1 cm³/mol. The van der Waals surface area contributed by atoms with Gasteiger partial charge in [0.25, 0.3) is 0 Å². The van der Waals surface area contributed by atoms with Gasteiger partial charge in [0.1, 0.15) is 0 Å². The van der Waals surface area contributed by atoms with E-state index in [1.807, 2.05) is 26.0 Å². The van der Waals surface area contributed by atoms with Gasteiger partial charge in [-0.05, 0) is 20.8 Å². The van der Waals surface area contributed by atoms with E-state index in [1.54, 1.807) is 0 Å². The molecule has 0 aliphatic rings. The molecule has 1 aromatic rings. The molecule has 15 heavy (non-hydrogen) atoms. The van der Waals surface area contributed by atoms with Crippen molar-refractivity contribution in [2.45, 2.75) is 40.2 Å². The summed E-state index contributed by atoms with van der Waals surface area (Å²) in [6, 6.07) is 6.98. The van der Waals surface area contributed by atoms with Gasteiger partial charge in [0.2, 0.25) is 0 Å². The maximum atomic E-state index is 5.84. The van der Waals surface area contributed by atoms with Crippen molar-refractivity contribution < 1.29 is 21.1 Å². The fourth-order valence-corrected chi connectivity index (χ4v) is 1.20. The van der Waals surface area contributed by atoms with Gasteiger partial charge in [0.15, 0.2) is 0 Å². The average molecular weight is 323 g/mol. The molecular formula is C12H17BrOZn. The van der Waals surface area contributed by atoms with Gasteiger partial charge in [-0.1, -0.05) is 13.8 Å². The zero-order valence-corrected chi connectivity index (χ0v) is 14.7. The van der Waals surface area contributed by atoms with Crippen LogP contribution in [0, 0.1) is 19.9 Å². The van der Waals surface area contributed by atoms with Gasteiger partial charge in [-0.25, -0.2) is 0 Å². The first-order chi connectivity index (χ1) is 6.90. The quantitative estimate of drug-likeness (QED) is 0.558. The Labute approximate surface area is 110 Å². The molecule has 0 saturated heterocycles. The number of hydrogen-bond donors (Lipinski definition) is 0. The van der Waals surface area contributed by atoms with Crippen molar-refractivity contribution in [3.8, 4) is 5.75 Å². The van der Waals surface area contributed by atoms with Crippen molar-refractivity contribution in [1.82, 2.24) is 0 Å². The summed E-state index contributed by atoms with van der Waals surface area (Å²) in [7, 11) is 0. The molecule has 0 aliphatic carbocycles. The van der Waals surface area contributed by atoms with Crippen LogP contribution in [0.5, 0.6) is 5.75 Å². The Balaban J connectivity index is 0.000000921. The van der Waals surface area contributed by atoms with Crippen molar-refractivity contribution in [2.75, 3.05) is 0 Å². The predicted octanol–water partition coefficient (Wildman–Crippen LogP) is 4.12. The van der Waals surface area contributed by atoms with Gasteiger partial charge in [-0.3, -0.25) is 0 Å². The van der Waals surface area contributed by atoms with E-state index in [0.717, 1.165) is 16.9 Å². The van der Waals surface area contributed by atoms with Crippen molar-refractivity contribution in [3.63, 3.8) is 0 Å². The molecule has 80 valence electrons.